The topological polar surface area (TPSA) is 81.3 Å². The molecule has 2 aliphatic rings. The summed E-state index contributed by atoms with van der Waals surface area (Å²) in [7, 11) is 0. The van der Waals surface area contributed by atoms with Crippen LogP contribution in [0.2, 0.25) is 0 Å². The highest BCUT2D eigenvalue weighted by molar-refractivity contribution is 5.92. The number of carbonyl (C=O) groups is 1. The van der Waals surface area contributed by atoms with Crippen LogP contribution in [0.1, 0.15) is 41.4 Å². The summed E-state index contributed by atoms with van der Waals surface area (Å²) in [5.74, 6) is -2.39. The summed E-state index contributed by atoms with van der Waals surface area (Å²) in [6, 6.07) is 9.32. The maximum Gasteiger partial charge on any atom is 0.405 e. The normalized spacial score (nSPS) is 20.7. The Kier molecular flexibility index (Phi) is 7.08. The van der Waals surface area contributed by atoms with Crippen molar-refractivity contribution in [3.05, 3.63) is 69.9 Å². The van der Waals surface area contributed by atoms with Crippen molar-refractivity contribution in [2.24, 2.45) is 0 Å². The molecule has 2 atom stereocenters. The molecule has 3 aromatic rings. The predicted molar refractivity (Wildman–Crippen MR) is 131 cm³/mol. The number of halogens is 5. The number of pyridine rings is 2. The van der Waals surface area contributed by atoms with E-state index in [-0.39, 0.29) is 23.0 Å². The Morgan fingerprint density at radius 1 is 1.08 bits per heavy atom. The number of hydrogen-bond donors (Lipinski definition) is 2. The van der Waals surface area contributed by atoms with Gasteiger partial charge in [0.1, 0.15) is 18.1 Å². The van der Waals surface area contributed by atoms with E-state index in [2.05, 4.69) is 14.9 Å². The molecule has 3 heterocycles. The zero-order chi connectivity index (χ0) is 27.0. The standard InChI is InChI=1S/C26H26F5N5O2/c27-18-3-1-2-16-13-20(34-25(38)22(16)18)15-4-5-17(12-15)35-8-10-36(11-9-35)21-7-6-19(33-23(21)28)24(37)32-14-26(29,30)31/h1-3,6-7,13,15,17H,4-5,8-12,14H2,(H,32,37)(H,34,38)/t15-,17-/m1/s1. The van der Waals surface area contributed by atoms with Crippen LogP contribution in [0, 0.1) is 11.8 Å². The van der Waals surface area contributed by atoms with E-state index >= 15 is 0 Å². The van der Waals surface area contributed by atoms with Gasteiger partial charge in [0.25, 0.3) is 11.5 Å². The second kappa shape index (κ2) is 10.3. The van der Waals surface area contributed by atoms with Gasteiger partial charge in [-0.25, -0.2) is 9.37 Å². The lowest BCUT2D eigenvalue weighted by atomic mass is 10.00. The zero-order valence-corrected chi connectivity index (χ0v) is 20.3. The van der Waals surface area contributed by atoms with E-state index in [4.69, 9.17) is 0 Å². The van der Waals surface area contributed by atoms with Crippen molar-refractivity contribution in [2.45, 2.75) is 37.4 Å². The van der Waals surface area contributed by atoms with Gasteiger partial charge >= 0.3 is 6.18 Å². The Balaban J connectivity index is 1.18. The molecule has 38 heavy (non-hydrogen) atoms. The number of aromatic nitrogens is 2. The summed E-state index contributed by atoms with van der Waals surface area (Å²) in [5.41, 5.74) is 0.164. The lowest BCUT2D eigenvalue weighted by molar-refractivity contribution is -0.123. The maximum absolute atomic E-state index is 14.7. The van der Waals surface area contributed by atoms with Crippen LogP contribution in [0.15, 0.2) is 41.2 Å². The molecule has 12 heteroatoms. The number of hydrogen-bond acceptors (Lipinski definition) is 5. The minimum absolute atomic E-state index is 0.0682. The summed E-state index contributed by atoms with van der Waals surface area (Å²) >= 11 is 0. The SMILES string of the molecule is O=C(NCC(F)(F)F)c1ccc(N2CCN([C@@H]3CC[C@@H](c4cc5cccc(F)c5c(=O)[nH]4)C3)CC2)c(F)n1. The van der Waals surface area contributed by atoms with Crippen LogP contribution in [0.3, 0.4) is 0 Å². The number of benzene rings is 1. The Hall–Kier alpha value is -3.54. The Labute approximate surface area is 214 Å². The van der Waals surface area contributed by atoms with E-state index < -0.39 is 41.6 Å². The summed E-state index contributed by atoms with van der Waals surface area (Å²) < 4.78 is 65.6. The van der Waals surface area contributed by atoms with E-state index in [0.717, 1.165) is 25.0 Å². The molecule has 0 spiro atoms. The van der Waals surface area contributed by atoms with Gasteiger partial charge in [-0.2, -0.15) is 17.6 Å². The summed E-state index contributed by atoms with van der Waals surface area (Å²) in [6.45, 7) is 0.863. The number of amides is 1. The van der Waals surface area contributed by atoms with E-state index in [1.54, 1.807) is 22.3 Å². The van der Waals surface area contributed by atoms with E-state index in [1.807, 2.05) is 6.07 Å². The molecule has 202 valence electrons. The third kappa shape index (κ3) is 5.50. The highest BCUT2D eigenvalue weighted by Gasteiger charge is 2.33. The molecule has 1 amide bonds. The van der Waals surface area contributed by atoms with Crippen LogP contribution in [0.25, 0.3) is 10.8 Å². The molecule has 7 nitrogen and oxygen atoms in total. The van der Waals surface area contributed by atoms with Gasteiger partial charge in [-0.1, -0.05) is 12.1 Å². The number of piperazine rings is 1. The molecule has 2 fully saturated rings. The van der Waals surface area contributed by atoms with Gasteiger partial charge in [-0.15, -0.1) is 0 Å². The number of nitrogens with zero attached hydrogens (tertiary/aromatic N) is 3. The number of aromatic amines is 1. The van der Waals surface area contributed by atoms with Crippen LogP contribution in [0.5, 0.6) is 0 Å². The van der Waals surface area contributed by atoms with Crippen molar-refractivity contribution < 1.29 is 26.7 Å². The molecule has 1 saturated heterocycles. The molecule has 0 unspecified atom stereocenters. The van der Waals surface area contributed by atoms with Gasteiger partial charge in [0.05, 0.1) is 11.1 Å². The molecular formula is C26H26F5N5O2. The number of nitrogens with one attached hydrogen (secondary N) is 2. The first-order chi connectivity index (χ1) is 18.1. The Morgan fingerprint density at radius 2 is 1.84 bits per heavy atom. The zero-order valence-electron chi connectivity index (χ0n) is 20.3. The first kappa shape index (κ1) is 26.1. The van der Waals surface area contributed by atoms with Crippen LogP contribution < -0.4 is 15.8 Å². The molecule has 2 N–H and O–H groups in total. The third-order valence-corrected chi connectivity index (χ3v) is 7.37. The molecule has 5 rings (SSSR count). The van der Waals surface area contributed by atoms with E-state index in [0.29, 0.717) is 31.6 Å². The van der Waals surface area contributed by atoms with Gasteiger partial charge in [0.15, 0.2) is 0 Å². The van der Waals surface area contributed by atoms with Crippen molar-refractivity contribution in [2.75, 3.05) is 37.6 Å². The van der Waals surface area contributed by atoms with Crippen LogP contribution in [-0.2, 0) is 0 Å². The van der Waals surface area contributed by atoms with Crippen LogP contribution >= 0.6 is 0 Å². The molecular weight excluding hydrogens is 509 g/mol. The molecule has 2 aromatic heterocycles. The maximum atomic E-state index is 14.7. The van der Waals surface area contributed by atoms with Gasteiger partial charge in [0, 0.05) is 43.8 Å². The second-order valence-electron chi connectivity index (χ2n) is 9.75. The quantitative estimate of drug-likeness (QED) is 0.382. The molecule has 1 aromatic carbocycles. The second-order valence-corrected chi connectivity index (χ2v) is 9.75. The Bertz CT molecular complexity index is 1400. The number of H-pyrrole nitrogens is 1. The fourth-order valence-corrected chi connectivity index (χ4v) is 5.48. The highest BCUT2D eigenvalue weighted by Crippen LogP contribution is 2.37. The van der Waals surface area contributed by atoms with Gasteiger partial charge in [-0.3, -0.25) is 14.5 Å². The van der Waals surface area contributed by atoms with Crippen molar-refractivity contribution >= 4 is 22.4 Å². The number of fused-ring (bicyclic) bond motifs is 1. The lowest BCUT2D eigenvalue weighted by Gasteiger charge is -2.39. The third-order valence-electron chi connectivity index (χ3n) is 7.37. The average molecular weight is 536 g/mol. The summed E-state index contributed by atoms with van der Waals surface area (Å²) in [4.78, 5) is 34.9. The molecule has 1 saturated carbocycles. The molecule has 0 radical (unpaired) electrons. The smallest absolute Gasteiger partial charge is 0.365 e. The van der Waals surface area contributed by atoms with Gasteiger partial charge in [-0.05, 0) is 48.9 Å². The number of alkyl halides is 3. The first-order valence-electron chi connectivity index (χ1n) is 12.4. The highest BCUT2D eigenvalue weighted by atomic mass is 19.4. The van der Waals surface area contributed by atoms with E-state index in [1.165, 1.54) is 18.2 Å². The summed E-state index contributed by atoms with van der Waals surface area (Å²) in [6.07, 6.45) is -1.91. The minimum Gasteiger partial charge on any atom is -0.365 e. The summed E-state index contributed by atoms with van der Waals surface area (Å²) in [5, 5.41) is 2.33. The monoisotopic (exact) mass is 535 g/mol. The number of rotatable bonds is 5. The van der Waals surface area contributed by atoms with Crippen molar-refractivity contribution in [3.63, 3.8) is 0 Å². The molecule has 1 aliphatic heterocycles. The Morgan fingerprint density at radius 3 is 2.55 bits per heavy atom. The largest absolute Gasteiger partial charge is 0.405 e. The van der Waals surface area contributed by atoms with Gasteiger partial charge in [0.2, 0.25) is 5.95 Å². The van der Waals surface area contributed by atoms with Crippen molar-refractivity contribution in [3.8, 4) is 0 Å². The fraction of sp³-hybridized carbons (Fsp3) is 0.423. The van der Waals surface area contributed by atoms with Crippen molar-refractivity contribution in [1.82, 2.24) is 20.2 Å². The van der Waals surface area contributed by atoms with Crippen LogP contribution in [0.4, 0.5) is 27.6 Å². The lowest BCUT2D eigenvalue weighted by Crippen LogP contribution is -2.50. The molecule has 0 bridgehead atoms. The predicted octanol–water partition coefficient (Wildman–Crippen LogP) is 3.95. The van der Waals surface area contributed by atoms with Gasteiger partial charge < -0.3 is 15.2 Å². The van der Waals surface area contributed by atoms with Crippen LogP contribution in [-0.4, -0.2) is 65.7 Å². The minimum atomic E-state index is -4.57. The number of carbonyl (C=O) groups excluding carboxylic acids is 1. The average Bonchev–Trinajstić information content (AvgIpc) is 3.37. The first-order valence-corrected chi connectivity index (χ1v) is 12.4. The van der Waals surface area contributed by atoms with Crippen molar-refractivity contribution in [1.29, 1.82) is 0 Å². The molecule has 1 aliphatic carbocycles. The fourth-order valence-electron chi connectivity index (χ4n) is 5.48. The van der Waals surface area contributed by atoms with E-state index in [9.17, 15) is 31.5 Å². The number of anilines is 1.